The Hall–Kier alpha value is -3.84. The second-order valence-corrected chi connectivity index (χ2v) is 14.3. The van der Waals surface area contributed by atoms with Crippen molar-refractivity contribution < 1.29 is 32.6 Å². The Morgan fingerprint density at radius 2 is 1.81 bits per heavy atom. The molecule has 0 spiro atoms. The van der Waals surface area contributed by atoms with Crippen molar-refractivity contribution in [3.8, 4) is 5.75 Å². The third-order valence-electron chi connectivity index (χ3n) is 8.42. The average molecular weight is 667 g/mol. The summed E-state index contributed by atoms with van der Waals surface area (Å²) in [6.07, 6.45) is 4.55. The van der Waals surface area contributed by atoms with Gasteiger partial charge in [0.1, 0.15) is 5.75 Å². The molecule has 0 fully saturated rings. The highest BCUT2D eigenvalue weighted by atomic mass is 32.2. The number of likely N-dealkylation sites (N-methyl/N-ethyl adjacent to an activating group) is 1. The molecule has 0 saturated carbocycles. The molecule has 0 unspecified atom stereocenters. The minimum absolute atomic E-state index is 0.0776. The Kier molecular flexibility index (Phi) is 12.5. The highest BCUT2D eigenvalue weighted by molar-refractivity contribution is 7.89. The van der Waals surface area contributed by atoms with Gasteiger partial charge in [0.25, 0.3) is 11.8 Å². The van der Waals surface area contributed by atoms with Crippen LogP contribution in [0, 0.1) is 12.8 Å². The van der Waals surface area contributed by atoms with Crippen molar-refractivity contribution >= 4 is 27.5 Å². The number of aryl methyl sites for hydroxylation is 1. The van der Waals surface area contributed by atoms with Gasteiger partial charge in [-0.05, 0) is 82.5 Å². The summed E-state index contributed by atoms with van der Waals surface area (Å²) in [5.41, 5.74) is 2.03. The van der Waals surface area contributed by atoms with Crippen molar-refractivity contribution in [2.24, 2.45) is 5.92 Å². The summed E-state index contributed by atoms with van der Waals surface area (Å²) in [5.74, 6) is -0.684. The van der Waals surface area contributed by atoms with Crippen LogP contribution < -0.4 is 10.1 Å². The van der Waals surface area contributed by atoms with Crippen molar-refractivity contribution in [1.82, 2.24) is 14.2 Å². The van der Waals surface area contributed by atoms with Crippen molar-refractivity contribution in [2.75, 3.05) is 38.7 Å². The summed E-state index contributed by atoms with van der Waals surface area (Å²) in [6.45, 7) is 7.87. The Morgan fingerprint density at radius 3 is 2.49 bits per heavy atom. The number of benzene rings is 2. The zero-order valence-corrected chi connectivity index (χ0v) is 28.6. The first kappa shape index (κ1) is 36.0. The van der Waals surface area contributed by atoms with Crippen LogP contribution >= 0.6 is 0 Å². The normalized spacial score (nSPS) is 20.5. The summed E-state index contributed by atoms with van der Waals surface area (Å²) in [7, 11) is -2.25. The van der Waals surface area contributed by atoms with Gasteiger partial charge >= 0.3 is 0 Å². The molecule has 47 heavy (non-hydrogen) atoms. The largest absolute Gasteiger partial charge is 0.490 e. The van der Waals surface area contributed by atoms with Gasteiger partial charge in [0.2, 0.25) is 10.0 Å². The number of carbonyl (C=O) groups is 2. The zero-order chi connectivity index (χ0) is 34.1. The Labute approximate surface area is 278 Å². The average Bonchev–Trinajstić information content (AvgIpc) is 3.06. The summed E-state index contributed by atoms with van der Waals surface area (Å²) < 4.78 is 40.8. The Bertz CT molecular complexity index is 1600. The van der Waals surface area contributed by atoms with Gasteiger partial charge < -0.3 is 24.8 Å². The number of carbonyl (C=O) groups excluding carboxylic acids is 2. The molecule has 0 aliphatic carbocycles. The molecule has 1 aromatic heterocycles. The molecule has 254 valence electrons. The number of hydrogen-bond acceptors (Lipinski definition) is 8. The van der Waals surface area contributed by atoms with Crippen LogP contribution in [-0.2, 0) is 14.8 Å². The number of aliphatic hydroxyl groups excluding tert-OH is 1. The van der Waals surface area contributed by atoms with Gasteiger partial charge in [0.15, 0.2) is 0 Å². The first-order valence-corrected chi connectivity index (χ1v) is 17.4. The second-order valence-electron chi connectivity index (χ2n) is 12.3. The number of pyridine rings is 1. The van der Waals surface area contributed by atoms with Gasteiger partial charge in [-0.15, -0.1) is 0 Å². The summed E-state index contributed by atoms with van der Waals surface area (Å²) in [5, 5.41) is 13.1. The molecule has 3 aromatic rings. The number of rotatable bonds is 8. The summed E-state index contributed by atoms with van der Waals surface area (Å²) in [6, 6.07) is 14.3. The highest BCUT2D eigenvalue weighted by Crippen LogP contribution is 2.29. The molecular weight excluding hydrogens is 620 g/mol. The number of aliphatic hydroxyl groups is 1. The van der Waals surface area contributed by atoms with Gasteiger partial charge in [0.05, 0.1) is 35.3 Å². The van der Waals surface area contributed by atoms with Crippen LogP contribution in [0.3, 0.4) is 0 Å². The molecule has 11 nitrogen and oxygen atoms in total. The van der Waals surface area contributed by atoms with Crippen molar-refractivity contribution in [1.29, 1.82) is 0 Å². The first-order valence-electron chi connectivity index (χ1n) is 16.0. The Morgan fingerprint density at radius 1 is 1.11 bits per heavy atom. The number of nitrogens with zero attached hydrogens (tertiary/aromatic N) is 3. The molecule has 2 heterocycles. The minimum atomic E-state index is -3.79. The monoisotopic (exact) mass is 666 g/mol. The number of hydrogen-bond donors (Lipinski definition) is 2. The molecule has 1 aliphatic heterocycles. The fourth-order valence-electron chi connectivity index (χ4n) is 5.41. The Balaban J connectivity index is 1.65. The van der Waals surface area contributed by atoms with Crippen LogP contribution in [0.2, 0.25) is 0 Å². The fourth-order valence-corrected chi connectivity index (χ4v) is 6.59. The number of amides is 2. The van der Waals surface area contributed by atoms with Crippen LogP contribution in [0.4, 0.5) is 5.69 Å². The molecule has 0 saturated heterocycles. The van der Waals surface area contributed by atoms with Crippen molar-refractivity contribution in [2.45, 2.75) is 70.1 Å². The van der Waals surface area contributed by atoms with E-state index in [0.29, 0.717) is 30.0 Å². The number of anilines is 1. The maximum Gasteiger partial charge on any atom is 0.258 e. The molecule has 4 rings (SSSR count). The van der Waals surface area contributed by atoms with E-state index in [1.807, 2.05) is 20.8 Å². The quantitative estimate of drug-likeness (QED) is 0.351. The van der Waals surface area contributed by atoms with Crippen LogP contribution in [0.1, 0.15) is 66.3 Å². The second kappa shape index (κ2) is 16.3. The lowest BCUT2D eigenvalue weighted by Crippen LogP contribution is -2.48. The van der Waals surface area contributed by atoms with Gasteiger partial charge in [-0.1, -0.05) is 24.6 Å². The lowest BCUT2D eigenvalue weighted by molar-refractivity contribution is -0.00834. The summed E-state index contributed by atoms with van der Waals surface area (Å²) >= 11 is 0. The lowest BCUT2D eigenvalue weighted by atomic mass is 10.0. The number of sulfonamides is 1. The third-order valence-corrected chi connectivity index (χ3v) is 10.3. The van der Waals surface area contributed by atoms with Crippen LogP contribution in [0.15, 0.2) is 71.9 Å². The van der Waals surface area contributed by atoms with E-state index in [-0.39, 0.29) is 48.1 Å². The number of ether oxygens (including phenoxy) is 2. The molecular formula is C35H46N4O7S. The standard InChI is InChI=1S/C35H46N4O7S/c1-24-9-12-30(13-10-24)47(43,44)38(5)22-33-25(2)21-39(26(3)23-40)35(42)31-20-29(37-34(41)28-15-17-36-18-16-28)11-14-32(31)46-27(4)8-6-7-19-45-33/h9-18,20,25-27,33,40H,6-8,19,21-23H2,1-5H3,(H,37,41)/t25-,26-,27-,33+/m0/s1. The van der Waals surface area contributed by atoms with E-state index in [2.05, 4.69) is 10.3 Å². The predicted molar refractivity (Wildman–Crippen MR) is 180 cm³/mol. The fraction of sp³-hybridized carbons (Fsp3) is 0.457. The predicted octanol–water partition coefficient (Wildman–Crippen LogP) is 4.76. The van der Waals surface area contributed by atoms with E-state index in [1.165, 1.54) is 23.7 Å². The highest BCUT2D eigenvalue weighted by Gasteiger charge is 2.32. The van der Waals surface area contributed by atoms with Crippen LogP contribution in [0.25, 0.3) is 0 Å². The smallest absolute Gasteiger partial charge is 0.258 e. The number of aromatic nitrogens is 1. The maximum atomic E-state index is 14.3. The molecule has 0 radical (unpaired) electrons. The van der Waals surface area contributed by atoms with Crippen molar-refractivity contribution in [3.05, 3.63) is 83.7 Å². The molecule has 4 atom stereocenters. The van der Waals surface area contributed by atoms with Crippen LogP contribution in [-0.4, -0.2) is 91.1 Å². The van der Waals surface area contributed by atoms with Gasteiger partial charge in [-0.3, -0.25) is 14.6 Å². The lowest BCUT2D eigenvalue weighted by Gasteiger charge is -2.35. The van der Waals surface area contributed by atoms with E-state index in [9.17, 15) is 23.1 Å². The molecule has 12 heteroatoms. The number of nitrogens with one attached hydrogen (secondary N) is 1. The van der Waals surface area contributed by atoms with E-state index >= 15 is 0 Å². The van der Waals surface area contributed by atoms with Crippen molar-refractivity contribution in [3.63, 3.8) is 0 Å². The molecule has 0 bridgehead atoms. The van der Waals surface area contributed by atoms with E-state index in [4.69, 9.17) is 9.47 Å². The SMILES string of the molecule is Cc1ccc(S(=O)(=O)N(C)C[C@H]2OCCCC[C@H](C)Oc3ccc(NC(=O)c4ccncc4)cc3C(=O)N([C@@H](C)CO)C[C@@H]2C)cc1. The maximum absolute atomic E-state index is 14.3. The molecule has 2 amide bonds. The molecule has 2 aromatic carbocycles. The van der Waals surface area contributed by atoms with Gasteiger partial charge in [-0.25, -0.2) is 8.42 Å². The van der Waals surface area contributed by atoms with E-state index < -0.39 is 28.1 Å². The third kappa shape index (κ3) is 9.38. The zero-order valence-electron chi connectivity index (χ0n) is 27.8. The molecule has 2 N–H and O–H groups in total. The first-order chi connectivity index (χ1) is 22.4. The van der Waals surface area contributed by atoms with Gasteiger partial charge in [-0.2, -0.15) is 4.31 Å². The minimum Gasteiger partial charge on any atom is -0.490 e. The van der Waals surface area contributed by atoms with Crippen LogP contribution in [0.5, 0.6) is 5.75 Å². The van der Waals surface area contributed by atoms with E-state index in [0.717, 1.165) is 18.4 Å². The molecule has 1 aliphatic rings. The van der Waals surface area contributed by atoms with Gasteiger partial charge in [0, 0.05) is 56.3 Å². The number of fused-ring (bicyclic) bond motifs is 1. The summed E-state index contributed by atoms with van der Waals surface area (Å²) in [4.78, 5) is 32.9. The topological polar surface area (TPSA) is 138 Å². The van der Waals surface area contributed by atoms with E-state index in [1.54, 1.807) is 66.4 Å².